The molecule has 1 aromatic carbocycles. The second kappa shape index (κ2) is 9.96. The predicted molar refractivity (Wildman–Crippen MR) is 125 cm³/mol. The molecular weight excluding hydrogens is 441 g/mol. The molecule has 1 N–H and O–H groups in total. The SMILES string of the molecule is Cl.Cl.O=C(c1sc(-c2ccco2)nc1-c1ccccc1)N1CC[C@@H]2CNC[C@@H]2CC1. The number of fused-ring (bicyclic) bond motifs is 1. The third-order valence-electron chi connectivity index (χ3n) is 5.91. The van der Waals surface area contributed by atoms with E-state index in [0.717, 1.165) is 55.3 Å². The lowest BCUT2D eigenvalue weighted by Gasteiger charge is -2.20. The fourth-order valence-electron chi connectivity index (χ4n) is 4.33. The lowest BCUT2D eigenvalue weighted by molar-refractivity contribution is 0.0764. The highest BCUT2D eigenvalue weighted by atomic mass is 35.5. The first-order valence-corrected chi connectivity index (χ1v) is 10.7. The highest BCUT2D eigenvalue weighted by Crippen LogP contribution is 2.36. The van der Waals surface area contributed by atoms with Crippen LogP contribution >= 0.6 is 36.2 Å². The zero-order chi connectivity index (χ0) is 18.9. The van der Waals surface area contributed by atoms with Crippen molar-refractivity contribution in [2.45, 2.75) is 12.8 Å². The number of hydrogen-bond donors (Lipinski definition) is 1. The van der Waals surface area contributed by atoms with Crippen molar-refractivity contribution >= 4 is 42.1 Å². The fourth-order valence-corrected chi connectivity index (χ4v) is 5.35. The molecule has 0 saturated carbocycles. The summed E-state index contributed by atoms with van der Waals surface area (Å²) in [5.74, 6) is 2.21. The van der Waals surface area contributed by atoms with Gasteiger partial charge in [-0.2, -0.15) is 0 Å². The van der Waals surface area contributed by atoms with E-state index in [-0.39, 0.29) is 30.7 Å². The maximum absolute atomic E-state index is 13.5. The van der Waals surface area contributed by atoms with Crippen molar-refractivity contribution in [2.24, 2.45) is 11.8 Å². The molecule has 0 bridgehead atoms. The van der Waals surface area contributed by atoms with Crippen LogP contribution in [0.25, 0.3) is 22.0 Å². The van der Waals surface area contributed by atoms with E-state index in [1.165, 1.54) is 11.3 Å². The number of halogens is 2. The molecule has 5 nitrogen and oxygen atoms in total. The standard InChI is InChI=1S/C22H23N3O2S.2ClH/c26-22(25-10-8-16-13-23-14-17(16)9-11-25)20-19(15-5-2-1-3-6-15)24-21(28-20)18-7-4-12-27-18;;/h1-7,12,16-17,23H,8-11,13-14H2;2*1H/t16-,17+;;. The Morgan fingerprint density at radius 1 is 1.03 bits per heavy atom. The number of rotatable bonds is 3. The van der Waals surface area contributed by atoms with Crippen LogP contribution in [-0.4, -0.2) is 42.0 Å². The lowest BCUT2D eigenvalue weighted by Crippen LogP contribution is -2.32. The summed E-state index contributed by atoms with van der Waals surface area (Å²) >= 11 is 1.43. The average molecular weight is 466 g/mol. The number of furan rings is 1. The average Bonchev–Trinajstić information content (AvgIpc) is 3.47. The van der Waals surface area contributed by atoms with Gasteiger partial charge in [0.05, 0.1) is 12.0 Å². The minimum absolute atomic E-state index is 0. The zero-order valence-electron chi connectivity index (χ0n) is 16.5. The van der Waals surface area contributed by atoms with E-state index in [1.807, 2.05) is 47.4 Å². The molecule has 2 fully saturated rings. The van der Waals surface area contributed by atoms with Crippen molar-refractivity contribution in [1.29, 1.82) is 0 Å². The van der Waals surface area contributed by atoms with Gasteiger partial charge in [0.2, 0.25) is 0 Å². The number of nitrogens with one attached hydrogen (secondary N) is 1. The minimum atomic E-state index is 0. The Morgan fingerprint density at radius 2 is 1.73 bits per heavy atom. The second-order valence-corrected chi connectivity index (χ2v) is 8.59. The Balaban J connectivity index is 0.00000128. The Labute approximate surface area is 192 Å². The monoisotopic (exact) mass is 465 g/mol. The van der Waals surface area contributed by atoms with E-state index in [4.69, 9.17) is 9.40 Å². The normalized spacial score (nSPS) is 20.6. The van der Waals surface area contributed by atoms with Gasteiger partial charge in [-0.1, -0.05) is 30.3 Å². The molecule has 2 atom stereocenters. The molecule has 160 valence electrons. The molecular formula is C22H25Cl2N3O2S. The fraction of sp³-hybridized carbons (Fsp3) is 0.364. The molecule has 2 aliphatic rings. The largest absolute Gasteiger partial charge is 0.462 e. The molecule has 0 spiro atoms. The number of nitrogens with zero attached hydrogens (tertiary/aromatic N) is 2. The van der Waals surface area contributed by atoms with Gasteiger partial charge in [0.25, 0.3) is 5.91 Å². The number of benzene rings is 1. The predicted octanol–water partition coefficient (Wildman–Crippen LogP) is 4.99. The van der Waals surface area contributed by atoms with Gasteiger partial charge in [0.1, 0.15) is 4.88 Å². The quantitative estimate of drug-likeness (QED) is 0.591. The van der Waals surface area contributed by atoms with Crippen LogP contribution in [0.2, 0.25) is 0 Å². The highest BCUT2D eigenvalue weighted by Gasteiger charge is 2.33. The van der Waals surface area contributed by atoms with Crippen molar-refractivity contribution in [3.8, 4) is 22.0 Å². The van der Waals surface area contributed by atoms with E-state index >= 15 is 0 Å². The summed E-state index contributed by atoms with van der Waals surface area (Å²) in [5, 5.41) is 4.25. The number of carbonyl (C=O) groups is 1. The van der Waals surface area contributed by atoms with Crippen LogP contribution in [0.4, 0.5) is 0 Å². The Morgan fingerprint density at radius 3 is 2.37 bits per heavy atom. The summed E-state index contributed by atoms with van der Waals surface area (Å²) in [5.41, 5.74) is 1.73. The molecule has 4 heterocycles. The van der Waals surface area contributed by atoms with Crippen LogP contribution < -0.4 is 5.32 Å². The van der Waals surface area contributed by atoms with E-state index < -0.39 is 0 Å². The molecule has 1 amide bonds. The van der Waals surface area contributed by atoms with E-state index in [1.54, 1.807) is 6.26 Å². The zero-order valence-corrected chi connectivity index (χ0v) is 18.9. The van der Waals surface area contributed by atoms with Gasteiger partial charge in [-0.05, 0) is 49.9 Å². The van der Waals surface area contributed by atoms with Gasteiger partial charge in [0, 0.05) is 18.7 Å². The van der Waals surface area contributed by atoms with Gasteiger partial charge >= 0.3 is 0 Å². The van der Waals surface area contributed by atoms with Crippen LogP contribution in [0.1, 0.15) is 22.5 Å². The van der Waals surface area contributed by atoms with Crippen LogP contribution in [-0.2, 0) is 0 Å². The van der Waals surface area contributed by atoms with Crippen molar-refractivity contribution in [3.05, 3.63) is 53.6 Å². The van der Waals surface area contributed by atoms with Crippen LogP contribution in [0, 0.1) is 11.8 Å². The third kappa shape index (κ3) is 4.42. The lowest BCUT2D eigenvalue weighted by atomic mass is 9.92. The number of likely N-dealkylation sites (tertiary alicyclic amines) is 1. The molecule has 2 aliphatic heterocycles. The summed E-state index contributed by atoms with van der Waals surface area (Å²) in [7, 11) is 0. The smallest absolute Gasteiger partial charge is 0.266 e. The number of carbonyl (C=O) groups excluding carboxylic acids is 1. The van der Waals surface area contributed by atoms with Crippen molar-refractivity contribution < 1.29 is 9.21 Å². The van der Waals surface area contributed by atoms with Gasteiger partial charge in [0.15, 0.2) is 10.8 Å². The number of hydrogen-bond acceptors (Lipinski definition) is 5. The van der Waals surface area contributed by atoms with E-state index in [0.29, 0.717) is 22.5 Å². The molecule has 0 radical (unpaired) electrons. The van der Waals surface area contributed by atoms with Gasteiger partial charge in [-0.15, -0.1) is 36.2 Å². The first kappa shape index (κ1) is 22.8. The van der Waals surface area contributed by atoms with E-state index in [9.17, 15) is 4.79 Å². The van der Waals surface area contributed by atoms with Crippen molar-refractivity contribution in [1.82, 2.24) is 15.2 Å². The van der Waals surface area contributed by atoms with Crippen LogP contribution in [0.5, 0.6) is 0 Å². The summed E-state index contributed by atoms with van der Waals surface area (Å²) in [6.07, 6.45) is 3.80. The number of amides is 1. The third-order valence-corrected chi connectivity index (χ3v) is 6.97. The molecule has 5 rings (SSSR count). The van der Waals surface area contributed by atoms with Crippen molar-refractivity contribution in [3.63, 3.8) is 0 Å². The molecule has 2 saturated heterocycles. The van der Waals surface area contributed by atoms with Crippen LogP contribution in [0.3, 0.4) is 0 Å². The highest BCUT2D eigenvalue weighted by molar-refractivity contribution is 7.17. The molecule has 8 heteroatoms. The first-order chi connectivity index (χ1) is 13.8. The van der Waals surface area contributed by atoms with Crippen molar-refractivity contribution in [2.75, 3.05) is 26.2 Å². The summed E-state index contributed by atoms with van der Waals surface area (Å²) < 4.78 is 5.54. The van der Waals surface area contributed by atoms with Gasteiger partial charge < -0.3 is 14.6 Å². The van der Waals surface area contributed by atoms with E-state index in [2.05, 4.69) is 5.32 Å². The Bertz CT molecular complexity index is 948. The van der Waals surface area contributed by atoms with Crippen LogP contribution in [0.15, 0.2) is 53.1 Å². The summed E-state index contributed by atoms with van der Waals surface area (Å²) in [6, 6.07) is 13.7. The van der Waals surface area contributed by atoms with Gasteiger partial charge in [-0.25, -0.2) is 4.98 Å². The maximum Gasteiger partial charge on any atom is 0.266 e. The Kier molecular flexibility index (Phi) is 7.58. The molecule has 2 aromatic heterocycles. The topological polar surface area (TPSA) is 58.4 Å². The summed E-state index contributed by atoms with van der Waals surface area (Å²) in [6.45, 7) is 3.82. The molecule has 3 aromatic rings. The minimum Gasteiger partial charge on any atom is -0.462 e. The molecule has 0 unspecified atom stereocenters. The molecule has 30 heavy (non-hydrogen) atoms. The Hall–Kier alpha value is -1.86. The maximum atomic E-state index is 13.5. The van der Waals surface area contributed by atoms with Gasteiger partial charge in [-0.3, -0.25) is 4.79 Å². The summed E-state index contributed by atoms with van der Waals surface area (Å²) in [4.78, 5) is 21.0. The number of aromatic nitrogens is 1. The molecule has 0 aliphatic carbocycles. The first-order valence-electron chi connectivity index (χ1n) is 9.89. The number of thiazole rings is 1. The second-order valence-electron chi connectivity index (χ2n) is 7.59.